The molecule has 1 unspecified atom stereocenters. The fraction of sp³-hybridized carbons (Fsp3) is 0.231. The van der Waals surface area contributed by atoms with Crippen LogP contribution in [0.1, 0.15) is 46.4 Å². The number of anilines is 1. The average molecular weight is 457 g/mol. The summed E-state index contributed by atoms with van der Waals surface area (Å²) >= 11 is 0. The summed E-state index contributed by atoms with van der Waals surface area (Å²) in [5.41, 5.74) is 3.15. The number of pyridine rings is 1. The Hall–Kier alpha value is -4.20. The zero-order chi connectivity index (χ0) is 23.5. The molecule has 2 aromatic heterocycles. The number of ether oxygens (including phenoxy) is 1. The van der Waals surface area contributed by atoms with Gasteiger partial charge in [-0.1, -0.05) is 54.6 Å². The van der Waals surface area contributed by atoms with Crippen LogP contribution in [-0.2, 0) is 17.8 Å². The van der Waals surface area contributed by atoms with Crippen LogP contribution in [0, 0.1) is 0 Å². The zero-order valence-corrected chi connectivity index (χ0v) is 18.7. The fourth-order valence-electron chi connectivity index (χ4n) is 4.36. The molecular weight excluding hydrogens is 432 g/mol. The van der Waals surface area contributed by atoms with Gasteiger partial charge in [-0.2, -0.15) is 0 Å². The Morgan fingerprint density at radius 3 is 2.76 bits per heavy atom. The molecule has 4 aromatic rings. The van der Waals surface area contributed by atoms with E-state index in [-0.39, 0.29) is 30.5 Å². The number of benzene rings is 2. The van der Waals surface area contributed by atoms with Crippen LogP contribution in [0.25, 0.3) is 11.0 Å². The molecule has 0 amide bonds. The Bertz CT molecular complexity index is 1400. The third-order valence-corrected chi connectivity index (χ3v) is 5.94. The largest absolute Gasteiger partial charge is 0.462 e. The second-order valence-electron chi connectivity index (χ2n) is 8.02. The molecule has 0 spiro atoms. The van der Waals surface area contributed by atoms with Gasteiger partial charge < -0.3 is 14.9 Å². The lowest BCUT2D eigenvalue weighted by Gasteiger charge is -2.21. The smallest absolute Gasteiger partial charge is 0.346 e. The summed E-state index contributed by atoms with van der Waals surface area (Å²) in [5, 5.41) is 3.94. The first-order valence-electron chi connectivity index (χ1n) is 11.2. The monoisotopic (exact) mass is 456 g/mol. The van der Waals surface area contributed by atoms with Crippen LogP contribution in [0.4, 0.5) is 5.69 Å². The van der Waals surface area contributed by atoms with E-state index in [1.54, 1.807) is 13.1 Å². The van der Waals surface area contributed by atoms with Crippen LogP contribution in [-0.4, -0.2) is 27.3 Å². The summed E-state index contributed by atoms with van der Waals surface area (Å²) in [6.07, 6.45) is 4.68. The van der Waals surface area contributed by atoms with Gasteiger partial charge in [-0.15, -0.1) is 4.73 Å². The van der Waals surface area contributed by atoms with E-state index in [1.807, 2.05) is 42.5 Å². The van der Waals surface area contributed by atoms with E-state index in [9.17, 15) is 9.59 Å². The molecule has 0 bridgehead atoms. The number of esters is 1. The van der Waals surface area contributed by atoms with Crippen LogP contribution < -0.4 is 15.7 Å². The van der Waals surface area contributed by atoms with Crippen molar-refractivity contribution in [2.24, 2.45) is 0 Å². The molecule has 8 nitrogen and oxygen atoms in total. The van der Waals surface area contributed by atoms with E-state index < -0.39 is 11.5 Å². The second-order valence-corrected chi connectivity index (χ2v) is 8.02. The van der Waals surface area contributed by atoms with Crippen molar-refractivity contribution < 1.29 is 14.4 Å². The maximum Gasteiger partial charge on any atom is 0.346 e. The number of carbonyl (C=O) groups is 1. The lowest BCUT2D eigenvalue weighted by Crippen LogP contribution is -2.34. The number of aromatic nitrogens is 3. The highest BCUT2D eigenvalue weighted by molar-refractivity contribution is 6.04. The quantitative estimate of drug-likeness (QED) is 0.424. The highest BCUT2D eigenvalue weighted by Crippen LogP contribution is 2.36. The molecule has 2 aromatic carbocycles. The third-order valence-electron chi connectivity index (χ3n) is 5.94. The number of hydrogen-bond acceptors (Lipinski definition) is 7. The maximum atomic E-state index is 13.6. The van der Waals surface area contributed by atoms with Crippen molar-refractivity contribution >= 4 is 22.7 Å². The van der Waals surface area contributed by atoms with E-state index in [2.05, 4.69) is 27.4 Å². The minimum atomic E-state index is -0.718. The molecule has 0 saturated carbocycles. The molecule has 2 heterocycles. The molecule has 34 heavy (non-hydrogen) atoms. The predicted octanol–water partition coefficient (Wildman–Crippen LogP) is 3.70. The summed E-state index contributed by atoms with van der Waals surface area (Å²) in [6.45, 7) is 1.97. The van der Waals surface area contributed by atoms with E-state index >= 15 is 0 Å². The van der Waals surface area contributed by atoms with Crippen molar-refractivity contribution in [2.45, 2.75) is 32.4 Å². The van der Waals surface area contributed by atoms with Gasteiger partial charge in [-0.3, -0.25) is 4.79 Å². The van der Waals surface area contributed by atoms with Gasteiger partial charge in [0.2, 0.25) is 0 Å². The number of rotatable bonds is 7. The number of nitrogens with one attached hydrogen (secondary N) is 1. The summed E-state index contributed by atoms with van der Waals surface area (Å²) in [4.78, 5) is 40.9. The van der Waals surface area contributed by atoms with Crippen molar-refractivity contribution in [1.82, 2.24) is 14.7 Å². The molecule has 1 aliphatic carbocycles. The summed E-state index contributed by atoms with van der Waals surface area (Å²) in [6, 6.07) is 17.6. The molecule has 172 valence electrons. The molecule has 0 saturated heterocycles. The van der Waals surface area contributed by atoms with Gasteiger partial charge in [0.15, 0.2) is 11.2 Å². The lowest BCUT2D eigenvalue weighted by atomic mass is 10.1. The van der Waals surface area contributed by atoms with E-state index in [1.165, 1.54) is 11.9 Å². The number of fused-ring (bicyclic) bond motifs is 2. The van der Waals surface area contributed by atoms with Crippen molar-refractivity contribution in [3.8, 4) is 0 Å². The standard InChI is InChI=1S/C26H24N4O4/c1-2-33-26(32)22-23(29-21-13-12-18-10-6-7-11-19(18)21)20-14-27-16-28-24(20)30(25(22)31)34-15-17-8-4-3-5-9-17/h3-11,14,16,21,29H,2,12-13,15H2,1H3. The van der Waals surface area contributed by atoms with E-state index in [4.69, 9.17) is 9.57 Å². The summed E-state index contributed by atoms with van der Waals surface area (Å²) < 4.78 is 6.32. The van der Waals surface area contributed by atoms with Crippen LogP contribution in [0.3, 0.4) is 0 Å². The first-order chi connectivity index (χ1) is 16.7. The second kappa shape index (κ2) is 9.35. The van der Waals surface area contributed by atoms with Crippen molar-refractivity contribution in [3.05, 3.63) is 99.7 Å². The number of nitrogens with zero attached hydrogens (tertiary/aromatic N) is 3. The normalized spacial score (nSPS) is 14.6. The van der Waals surface area contributed by atoms with Gasteiger partial charge in [0.05, 0.1) is 23.7 Å². The van der Waals surface area contributed by atoms with Crippen LogP contribution in [0.5, 0.6) is 0 Å². The SMILES string of the molecule is CCOC(=O)c1c(NC2CCc3ccccc32)c2cncnc2n(OCc2ccccc2)c1=O. The van der Waals surface area contributed by atoms with Gasteiger partial charge in [0, 0.05) is 6.20 Å². The molecule has 0 aliphatic heterocycles. The van der Waals surface area contributed by atoms with Crippen molar-refractivity contribution in [3.63, 3.8) is 0 Å². The molecule has 1 atom stereocenters. The highest BCUT2D eigenvalue weighted by atomic mass is 16.7. The molecule has 8 heteroatoms. The van der Waals surface area contributed by atoms with Gasteiger partial charge >= 0.3 is 11.5 Å². The van der Waals surface area contributed by atoms with Crippen molar-refractivity contribution in [2.75, 3.05) is 11.9 Å². The minimum absolute atomic E-state index is 0.0618. The van der Waals surface area contributed by atoms with E-state index in [0.717, 1.165) is 28.7 Å². The average Bonchev–Trinajstić information content (AvgIpc) is 3.27. The molecule has 1 N–H and O–H groups in total. The minimum Gasteiger partial charge on any atom is -0.462 e. The molecule has 5 rings (SSSR count). The van der Waals surface area contributed by atoms with E-state index in [0.29, 0.717) is 11.1 Å². The van der Waals surface area contributed by atoms with Gasteiger partial charge in [-0.05, 0) is 36.5 Å². The Kier molecular flexibility index (Phi) is 5.95. The predicted molar refractivity (Wildman–Crippen MR) is 128 cm³/mol. The van der Waals surface area contributed by atoms with Crippen molar-refractivity contribution in [1.29, 1.82) is 0 Å². The molecule has 0 radical (unpaired) electrons. The Labute approximate surface area is 196 Å². The number of carbonyl (C=O) groups excluding carboxylic acids is 1. The van der Waals surface area contributed by atoms with Gasteiger partial charge in [-0.25, -0.2) is 14.8 Å². The van der Waals surface area contributed by atoms with Crippen LogP contribution >= 0.6 is 0 Å². The molecule has 0 fully saturated rings. The summed E-state index contributed by atoms with van der Waals surface area (Å²) in [5.74, 6) is -0.718. The third kappa shape index (κ3) is 3.98. The van der Waals surface area contributed by atoms with Crippen LogP contribution in [0.15, 0.2) is 71.9 Å². The van der Waals surface area contributed by atoms with Gasteiger partial charge in [0.25, 0.3) is 0 Å². The van der Waals surface area contributed by atoms with Gasteiger partial charge in [0.1, 0.15) is 12.9 Å². The summed E-state index contributed by atoms with van der Waals surface area (Å²) in [7, 11) is 0. The fourth-order valence-corrected chi connectivity index (χ4v) is 4.36. The molecular formula is C26H24N4O4. The number of hydrogen-bond donors (Lipinski definition) is 1. The Morgan fingerprint density at radius 1 is 1.15 bits per heavy atom. The highest BCUT2D eigenvalue weighted by Gasteiger charge is 2.29. The maximum absolute atomic E-state index is 13.6. The number of aryl methyl sites for hydroxylation is 1. The Morgan fingerprint density at radius 2 is 1.94 bits per heavy atom. The zero-order valence-electron chi connectivity index (χ0n) is 18.7. The molecule has 1 aliphatic rings. The first kappa shape index (κ1) is 21.6. The van der Waals surface area contributed by atoms with Crippen LogP contribution in [0.2, 0.25) is 0 Å². The lowest BCUT2D eigenvalue weighted by molar-refractivity contribution is 0.0513. The topological polar surface area (TPSA) is 95.3 Å². The Balaban J connectivity index is 1.63. The first-order valence-corrected chi connectivity index (χ1v) is 11.2.